The van der Waals surface area contributed by atoms with Gasteiger partial charge < -0.3 is 14.1 Å². The molecule has 2 aliphatic rings. The Labute approximate surface area is 189 Å². The predicted octanol–water partition coefficient (Wildman–Crippen LogP) is 4.75. The standard InChI is InChI=1S/C27H32N2O3/c30-27(25-9-3-2-7-23(25)19-28-12-4-1-5-13-28)29-14-16-31-20-21(18-29)17-22-8-6-10-26-24(22)11-15-32-26/h2-3,6-11,15,21H,1,4-5,12-14,16-20H2. The molecule has 168 valence electrons. The second kappa shape index (κ2) is 9.88. The molecule has 5 heteroatoms. The van der Waals surface area contributed by atoms with E-state index in [0.29, 0.717) is 26.3 Å². The van der Waals surface area contributed by atoms with Crippen LogP contribution in [0, 0.1) is 5.92 Å². The van der Waals surface area contributed by atoms with Gasteiger partial charge in [0.05, 0.1) is 19.5 Å². The highest BCUT2D eigenvalue weighted by Crippen LogP contribution is 2.25. The normalized spacial score (nSPS) is 20.4. The fourth-order valence-electron chi connectivity index (χ4n) is 5.13. The molecule has 0 bridgehead atoms. The molecule has 1 aromatic heterocycles. The van der Waals surface area contributed by atoms with Gasteiger partial charge in [-0.2, -0.15) is 0 Å². The largest absolute Gasteiger partial charge is 0.464 e. The molecule has 3 heterocycles. The van der Waals surface area contributed by atoms with Crippen LogP contribution in [0.15, 0.2) is 59.2 Å². The van der Waals surface area contributed by atoms with Gasteiger partial charge in [0, 0.05) is 36.5 Å². The minimum Gasteiger partial charge on any atom is -0.464 e. The summed E-state index contributed by atoms with van der Waals surface area (Å²) < 4.78 is 11.5. The number of benzene rings is 2. The van der Waals surface area contributed by atoms with E-state index in [4.69, 9.17) is 9.15 Å². The first-order valence-electron chi connectivity index (χ1n) is 11.9. The SMILES string of the molecule is O=C(c1ccccc1CN1CCCCC1)N1CCOCC(Cc2cccc3occc23)C1. The van der Waals surface area contributed by atoms with Gasteiger partial charge in [-0.05, 0) is 61.7 Å². The molecule has 1 atom stereocenters. The van der Waals surface area contributed by atoms with E-state index in [0.717, 1.165) is 48.2 Å². The monoisotopic (exact) mass is 432 g/mol. The van der Waals surface area contributed by atoms with Crippen molar-refractivity contribution in [1.29, 1.82) is 0 Å². The number of rotatable bonds is 5. The molecule has 0 spiro atoms. The number of amides is 1. The number of hydrogen-bond acceptors (Lipinski definition) is 4. The highest BCUT2D eigenvalue weighted by molar-refractivity contribution is 5.95. The van der Waals surface area contributed by atoms with Crippen LogP contribution in [-0.2, 0) is 17.7 Å². The lowest BCUT2D eigenvalue weighted by Gasteiger charge is -2.28. The number of carbonyl (C=O) groups excluding carboxylic acids is 1. The lowest BCUT2D eigenvalue weighted by molar-refractivity contribution is 0.0734. The first-order chi connectivity index (χ1) is 15.8. The molecule has 2 fully saturated rings. The molecular weight excluding hydrogens is 400 g/mol. The highest BCUT2D eigenvalue weighted by Gasteiger charge is 2.26. The smallest absolute Gasteiger partial charge is 0.254 e. The summed E-state index contributed by atoms with van der Waals surface area (Å²) in [6.45, 7) is 5.73. The van der Waals surface area contributed by atoms with E-state index in [1.807, 2.05) is 35.2 Å². The lowest BCUT2D eigenvalue weighted by atomic mass is 9.96. The van der Waals surface area contributed by atoms with Crippen LogP contribution < -0.4 is 0 Å². The van der Waals surface area contributed by atoms with Gasteiger partial charge in [0.25, 0.3) is 5.91 Å². The Morgan fingerprint density at radius 2 is 1.78 bits per heavy atom. The van der Waals surface area contributed by atoms with Crippen LogP contribution in [0.2, 0.25) is 0 Å². The van der Waals surface area contributed by atoms with Gasteiger partial charge in [-0.15, -0.1) is 0 Å². The Hall–Kier alpha value is -2.63. The predicted molar refractivity (Wildman–Crippen MR) is 126 cm³/mol. The maximum atomic E-state index is 13.6. The van der Waals surface area contributed by atoms with Crippen LogP contribution in [0.3, 0.4) is 0 Å². The van der Waals surface area contributed by atoms with Crippen molar-refractivity contribution in [2.45, 2.75) is 32.2 Å². The molecule has 0 N–H and O–H groups in total. The summed E-state index contributed by atoms with van der Waals surface area (Å²) in [6, 6.07) is 16.4. The zero-order chi connectivity index (χ0) is 21.8. The number of fused-ring (bicyclic) bond motifs is 1. The number of nitrogens with zero attached hydrogens (tertiary/aromatic N) is 2. The zero-order valence-electron chi connectivity index (χ0n) is 18.7. The Kier molecular flexibility index (Phi) is 6.56. The molecule has 0 radical (unpaired) electrons. The van der Waals surface area contributed by atoms with Crippen LogP contribution in [0.4, 0.5) is 0 Å². The zero-order valence-corrected chi connectivity index (χ0v) is 18.7. The van der Waals surface area contributed by atoms with Gasteiger partial charge >= 0.3 is 0 Å². The first-order valence-corrected chi connectivity index (χ1v) is 11.9. The van der Waals surface area contributed by atoms with Crippen molar-refractivity contribution in [3.8, 4) is 0 Å². The van der Waals surface area contributed by atoms with E-state index in [1.165, 1.54) is 24.8 Å². The average molecular weight is 433 g/mol. The van der Waals surface area contributed by atoms with Crippen molar-refractivity contribution in [3.05, 3.63) is 71.5 Å². The van der Waals surface area contributed by atoms with Crippen molar-refractivity contribution in [3.63, 3.8) is 0 Å². The second-order valence-corrected chi connectivity index (χ2v) is 9.14. The topological polar surface area (TPSA) is 45.9 Å². The van der Waals surface area contributed by atoms with Crippen molar-refractivity contribution in [2.24, 2.45) is 5.92 Å². The maximum Gasteiger partial charge on any atom is 0.254 e. The Morgan fingerprint density at radius 1 is 0.938 bits per heavy atom. The van der Waals surface area contributed by atoms with Crippen LogP contribution in [0.25, 0.3) is 11.0 Å². The van der Waals surface area contributed by atoms with Crippen LogP contribution in [-0.4, -0.2) is 55.1 Å². The second-order valence-electron chi connectivity index (χ2n) is 9.14. The third kappa shape index (κ3) is 4.74. The molecule has 32 heavy (non-hydrogen) atoms. The molecule has 0 saturated carbocycles. The number of carbonyl (C=O) groups is 1. The van der Waals surface area contributed by atoms with E-state index in [1.54, 1.807) is 6.26 Å². The molecule has 2 aromatic carbocycles. The third-order valence-corrected chi connectivity index (χ3v) is 6.81. The fourth-order valence-corrected chi connectivity index (χ4v) is 5.13. The van der Waals surface area contributed by atoms with Gasteiger partial charge in [-0.1, -0.05) is 36.8 Å². The van der Waals surface area contributed by atoms with Crippen molar-refractivity contribution >= 4 is 16.9 Å². The molecule has 2 saturated heterocycles. The summed E-state index contributed by atoms with van der Waals surface area (Å²) in [5.41, 5.74) is 4.15. The minimum atomic E-state index is 0.134. The first kappa shape index (κ1) is 21.2. The van der Waals surface area contributed by atoms with Crippen LogP contribution in [0.1, 0.15) is 40.7 Å². The summed E-state index contributed by atoms with van der Waals surface area (Å²) in [4.78, 5) is 18.1. The van der Waals surface area contributed by atoms with Crippen molar-refractivity contribution in [1.82, 2.24) is 9.80 Å². The maximum absolute atomic E-state index is 13.6. The number of hydrogen-bond donors (Lipinski definition) is 0. The molecule has 1 amide bonds. The van der Waals surface area contributed by atoms with Gasteiger partial charge in [0.1, 0.15) is 5.58 Å². The average Bonchev–Trinajstić information content (AvgIpc) is 3.20. The Balaban J connectivity index is 1.32. The summed E-state index contributed by atoms with van der Waals surface area (Å²) in [6.07, 6.45) is 6.44. The van der Waals surface area contributed by atoms with E-state index in [-0.39, 0.29) is 11.8 Å². The van der Waals surface area contributed by atoms with E-state index < -0.39 is 0 Å². The minimum absolute atomic E-state index is 0.134. The van der Waals surface area contributed by atoms with Gasteiger partial charge in [0.15, 0.2) is 0 Å². The molecule has 2 aliphatic heterocycles. The summed E-state index contributed by atoms with van der Waals surface area (Å²) in [7, 11) is 0. The third-order valence-electron chi connectivity index (χ3n) is 6.81. The van der Waals surface area contributed by atoms with E-state index in [9.17, 15) is 4.79 Å². The summed E-state index contributed by atoms with van der Waals surface area (Å²) >= 11 is 0. The molecule has 1 unspecified atom stereocenters. The number of likely N-dealkylation sites (tertiary alicyclic amines) is 1. The van der Waals surface area contributed by atoms with Crippen molar-refractivity contribution < 1.29 is 13.9 Å². The van der Waals surface area contributed by atoms with Gasteiger partial charge in [-0.3, -0.25) is 9.69 Å². The van der Waals surface area contributed by atoms with Crippen molar-refractivity contribution in [2.75, 3.05) is 39.4 Å². The highest BCUT2D eigenvalue weighted by atomic mass is 16.5. The molecular formula is C27H32N2O3. The molecule has 3 aromatic rings. The van der Waals surface area contributed by atoms with Crippen LogP contribution >= 0.6 is 0 Å². The van der Waals surface area contributed by atoms with E-state index in [2.05, 4.69) is 23.1 Å². The molecule has 5 rings (SSSR count). The lowest BCUT2D eigenvalue weighted by Crippen LogP contribution is -2.37. The summed E-state index contributed by atoms with van der Waals surface area (Å²) in [5, 5.41) is 1.15. The number of ether oxygens (including phenoxy) is 1. The number of furan rings is 1. The van der Waals surface area contributed by atoms with Gasteiger partial charge in [-0.25, -0.2) is 0 Å². The quantitative estimate of drug-likeness (QED) is 0.584. The Bertz CT molecular complexity index is 1050. The molecule has 5 nitrogen and oxygen atoms in total. The summed E-state index contributed by atoms with van der Waals surface area (Å²) in [5.74, 6) is 0.394. The fraction of sp³-hybridized carbons (Fsp3) is 0.444. The Morgan fingerprint density at radius 3 is 2.69 bits per heavy atom. The van der Waals surface area contributed by atoms with E-state index >= 15 is 0 Å². The van der Waals surface area contributed by atoms with Crippen LogP contribution in [0.5, 0.6) is 0 Å². The molecule has 0 aliphatic carbocycles. The number of piperidine rings is 1. The van der Waals surface area contributed by atoms with Gasteiger partial charge in [0.2, 0.25) is 0 Å².